The highest BCUT2D eigenvalue weighted by Gasteiger charge is 2.36. The fraction of sp³-hybridized carbons (Fsp3) is 0.364. The van der Waals surface area contributed by atoms with E-state index in [1.807, 2.05) is 37.3 Å². The minimum absolute atomic E-state index is 0.0259. The van der Waals surface area contributed by atoms with Gasteiger partial charge in [-0.05, 0) is 51.8 Å². The molecule has 0 saturated heterocycles. The zero-order valence-corrected chi connectivity index (χ0v) is 17.6. The fourth-order valence-electron chi connectivity index (χ4n) is 2.51. The average Bonchev–Trinajstić information content (AvgIpc) is 2.65. The predicted molar refractivity (Wildman–Crippen MR) is 112 cm³/mol. The molecule has 2 aromatic carbocycles. The third-order valence-electron chi connectivity index (χ3n) is 4.32. The van der Waals surface area contributed by atoms with Gasteiger partial charge in [0.15, 0.2) is 15.4 Å². The molecule has 0 amide bonds. The van der Waals surface area contributed by atoms with Crippen LogP contribution in [0.25, 0.3) is 0 Å². The number of carbonyl (C=O) groups excluding carboxylic acids is 1. The lowest BCUT2D eigenvalue weighted by Crippen LogP contribution is -2.38. The first kappa shape index (κ1) is 21.8. The van der Waals surface area contributed by atoms with Crippen LogP contribution < -0.4 is 0 Å². The molecular weight excluding hydrogens is 374 g/mol. The SMILES string of the molecule is Cc1ccc(S(=O)(=O)CCC(C)(N=Cc2ccccc2)C(=O)OC(C)C)cc1. The second-order valence-electron chi connectivity index (χ2n) is 7.28. The van der Waals surface area contributed by atoms with Crippen molar-refractivity contribution < 1.29 is 17.9 Å². The van der Waals surface area contributed by atoms with Crippen LogP contribution in [0.5, 0.6) is 0 Å². The van der Waals surface area contributed by atoms with Gasteiger partial charge < -0.3 is 4.74 Å². The highest BCUT2D eigenvalue weighted by atomic mass is 32.2. The maximum atomic E-state index is 12.7. The van der Waals surface area contributed by atoms with Crippen molar-refractivity contribution in [1.82, 2.24) is 0 Å². The number of benzene rings is 2. The van der Waals surface area contributed by atoms with E-state index in [-0.39, 0.29) is 23.2 Å². The number of ether oxygens (including phenoxy) is 1. The van der Waals surface area contributed by atoms with Crippen LogP contribution in [0.1, 0.15) is 38.3 Å². The summed E-state index contributed by atoms with van der Waals surface area (Å²) in [7, 11) is -3.54. The number of nitrogens with zero attached hydrogens (tertiary/aromatic N) is 1. The topological polar surface area (TPSA) is 72.8 Å². The molecule has 0 aliphatic carbocycles. The van der Waals surface area contributed by atoms with Crippen LogP contribution in [0.4, 0.5) is 0 Å². The van der Waals surface area contributed by atoms with E-state index in [1.54, 1.807) is 51.3 Å². The van der Waals surface area contributed by atoms with Crippen molar-refractivity contribution >= 4 is 22.0 Å². The third kappa shape index (κ3) is 6.02. The number of sulfone groups is 1. The summed E-state index contributed by atoms with van der Waals surface area (Å²) < 4.78 is 30.8. The molecule has 0 aliphatic heterocycles. The Kier molecular flexibility index (Phi) is 7.13. The first-order valence-electron chi connectivity index (χ1n) is 9.23. The van der Waals surface area contributed by atoms with Crippen LogP contribution >= 0.6 is 0 Å². The van der Waals surface area contributed by atoms with E-state index in [9.17, 15) is 13.2 Å². The Morgan fingerprint density at radius 2 is 1.71 bits per heavy atom. The molecule has 28 heavy (non-hydrogen) atoms. The van der Waals surface area contributed by atoms with Gasteiger partial charge in [-0.1, -0.05) is 48.0 Å². The van der Waals surface area contributed by atoms with E-state index >= 15 is 0 Å². The Balaban J connectivity index is 2.25. The summed E-state index contributed by atoms with van der Waals surface area (Å²) in [4.78, 5) is 17.3. The van der Waals surface area contributed by atoms with E-state index in [0.29, 0.717) is 0 Å². The maximum Gasteiger partial charge on any atom is 0.334 e. The van der Waals surface area contributed by atoms with E-state index < -0.39 is 21.3 Å². The summed E-state index contributed by atoms with van der Waals surface area (Å²) in [6.07, 6.45) is 1.30. The largest absolute Gasteiger partial charge is 0.461 e. The van der Waals surface area contributed by atoms with Gasteiger partial charge in [-0.15, -0.1) is 0 Å². The molecule has 5 nitrogen and oxygen atoms in total. The minimum Gasteiger partial charge on any atom is -0.461 e. The van der Waals surface area contributed by atoms with Gasteiger partial charge in [0.1, 0.15) is 0 Å². The number of rotatable bonds is 8. The fourth-order valence-corrected chi connectivity index (χ4v) is 3.97. The van der Waals surface area contributed by atoms with Gasteiger partial charge in [-0.25, -0.2) is 13.2 Å². The summed E-state index contributed by atoms with van der Waals surface area (Å²) in [6, 6.07) is 16.0. The Hall–Kier alpha value is -2.47. The predicted octanol–water partition coefficient (Wildman–Crippen LogP) is 3.99. The van der Waals surface area contributed by atoms with Crippen LogP contribution in [-0.2, 0) is 19.4 Å². The van der Waals surface area contributed by atoms with E-state index in [1.165, 1.54) is 0 Å². The average molecular weight is 402 g/mol. The molecule has 0 aliphatic rings. The summed E-state index contributed by atoms with van der Waals surface area (Å²) >= 11 is 0. The molecule has 0 fully saturated rings. The number of hydrogen-bond acceptors (Lipinski definition) is 5. The molecule has 2 rings (SSSR count). The Morgan fingerprint density at radius 3 is 2.29 bits per heavy atom. The van der Waals surface area contributed by atoms with Gasteiger partial charge in [0.2, 0.25) is 0 Å². The molecular formula is C22H27NO4S. The van der Waals surface area contributed by atoms with Gasteiger partial charge in [0.05, 0.1) is 16.8 Å². The molecule has 2 aromatic rings. The number of hydrogen-bond donors (Lipinski definition) is 0. The second-order valence-corrected chi connectivity index (χ2v) is 9.39. The van der Waals surface area contributed by atoms with Gasteiger partial charge in [0.25, 0.3) is 0 Å². The van der Waals surface area contributed by atoms with Crippen molar-refractivity contribution in [2.45, 2.75) is 50.7 Å². The van der Waals surface area contributed by atoms with Crippen LogP contribution in [0.15, 0.2) is 64.5 Å². The summed E-state index contributed by atoms with van der Waals surface area (Å²) in [6.45, 7) is 7.01. The Labute approximate surface area is 167 Å². The second kappa shape index (κ2) is 9.15. The molecule has 0 spiro atoms. The van der Waals surface area contributed by atoms with Crippen molar-refractivity contribution in [3.05, 3.63) is 65.7 Å². The lowest BCUT2D eigenvalue weighted by Gasteiger charge is -2.24. The van der Waals surface area contributed by atoms with Gasteiger partial charge in [-0.2, -0.15) is 0 Å². The summed E-state index contributed by atoms with van der Waals surface area (Å²) in [5, 5.41) is 0. The Bertz CT molecular complexity index is 919. The molecule has 1 atom stereocenters. The molecule has 150 valence electrons. The molecule has 0 saturated carbocycles. The molecule has 0 heterocycles. The van der Waals surface area contributed by atoms with Gasteiger partial charge in [0, 0.05) is 6.21 Å². The van der Waals surface area contributed by atoms with Crippen LogP contribution in [0, 0.1) is 6.92 Å². The zero-order valence-electron chi connectivity index (χ0n) is 16.8. The normalized spacial score (nSPS) is 14.2. The summed E-state index contributed by atoms with van der Waals surface area (Å²) in [5.41, 5.74) is 0.516. The Morgan fingerprint density at radius 1 is 1.11 bits per heavy atom. The van der Waals surface area contributed by atoms with Crippen molar-refractivity contribution in [1.29, 1.82) is 0 Å². The van der Waals surface area contributed by atoms with Crippen molar-refractivity contribution in [3.63, 3.8) is 0 Å². The van der Waals surface area contributed by atoms with E-state index in [0.717, 1.165) is 11.1 Å². The first-order chi connectivity index (χ1) is 13.1. The van der Waals surface area contributed by atoms with Crippen molar-refractivity contribution in [2.24, 2.45) is 4.99 Å². The van der Waals surface area contributed by atoms with Crippen LogP contribution in [0.2, 0.25) is 0 Å². The lowest BCUT2D eigenvalue weighted by molar-refractivity contribution is -0.153. The van der Waals surface area contributed by atoms with Gasteiger partial charge >= 0.3 is 5.97 Å². The molecule has 0 bridgehead atoms. The molecule has 6 heteroatoms. The number of aryl methyl sites for hydroxylation is 1. The third-order valence-corrected chi connectivity index (χ3v) is 6.05. The molecule has 1 unspecified atom stereocenters. The van der Waals surface area contributed by atoms with Crippen molar-refractivity contribution in [2.75, 3.05) is 5.75 Å². The summed E-state index contributed by atoms with van der Waals surface area (Å²) in [5.74, 6) is -0.736. The van der Waals surface area contributed by atoms with Crippen LogP contribution in [0.3, 0.4) is 0 Å². The molecule has 0 aromatic heterocycles. The number of esters is 1. The zero-order chi connectivity index (χ0) is 20.8. The first-order valence-corrected chi connectivity index (χ1v) is 10.9. The highest BCUT2D eigenvalue weighted by Crippen LogP contribution is 2.23. The van der Waals surface area contributed by atoms with Gasteiger partial charge in [-0.3, -0.25) is 4.99 Å². The molecule has 0 radical (unpaired) electrons. The van der Waals surface area contributed by atoms with E-state index in [2.05, 4.69) is 4.99 Å². The smallest absolute Gasteiger partial charge is 0.334 e. The minimum atomic E-state index is -3.54. The standard InChI is InChI=1S/C22H27NO4S/c1-17(2)27-21(24)22(4,23-16-19-8-6-5-7-9-19)14-15-28(25,26)20-12-10-18(3)11-13-20/h5-13,16-17H,14-15H2,1-4H3. The quantitative estimate of drug-likeness (QED) is 0.495. The highest BCUT2D eigenvalue weighted by molar-refractivity contribution is 7.91. The van der Waals surface area contributed by atoms with E-state index in [4.69, 9.17) is 4.74 Å². The monoisotopic (exact) mass is 401 g/mol. The maximum absolute atomic E-state index is 12.7. The molecule has 0 N–H and O–H groups in total. The lowest BCUT2D eigenvalue weighted by atomic mass is 10.00. The van der Waals surface area contributed by atoms with Crippen molar-refractivity contribution in [3.8, 4) is 0 Å². The number of aliphatic imine (C=N–C) groups is 1. The van der Waals surface area contributed by atoms with Crippen LogP contribution in [-0.4, -0.2) is 38.0 Å². The number of carbonyl (C=O) groups is 1.